The van der Waals surface area contributed by atoms with E-state index in [1.165, 1.54) is 11.8 Å². The molecular weight excluding hydrogens is 358 g/mol. The van der Waals surface area contributed by atoms with Crippen molar-refractivity contribution in [2.45, 2.75) is 32.4 Å². The van der Waals surface area contributed by atoms with Gasteiger partial charge in [-0.2, -0.15) is 0 Å². The number of rotatable bonds is 5. The third kappa shape index (κ3) is 4.57. The Hall–Kier alpha value is -2.60. The molecule has 0 saturated carbocycles. The van der Waals surface area contributed by atoms with E-state index in [4.69, 9.17) is 0 Å². The number of thioether (sulfide) groups is 1. The van der Waals surface area contributed by atoms with Gasteiger partial charge in [0.05, 0.1) is 5.69 Å². The predicted molar refractivity (Wildman–Crippen MR) is 111 cm³/mol. The van der Waals surface area contributed by atoms with Gasteiger partial charge in [-0.3, -0.25) is 14.5 Å². The molecule has 1 aliphatic rings. The summed E-state index contributed by atoms with van der Waals surface area (Å²) in [7, 11) is 0. The van der Waals surface area contributed by atoms with Crippen LogP contribution in [0.25, 0.3) is 0 Å². The molecule has 1 fully saturated rings. The largest absolute Gasteiger partial charge is 0.326 e. The van der Waals surface area contributed by atoms with Gasteiger partial charge in [-0.05, 0) is 44.5 Å². The standard InChI is InChI=1S/C21H23N3O2S/c1-4-24-20(26)18(27-21(24)22-16-8-6-5-7-9-16)13-19(25)23-17-11-10-14(2)12-15(17)3/h5-12,18H,4,13H2,1-3H3,(H,23,25). The van der Waals surface area contributed by atoms with Gasteiger partial charge in [-0.1, -0.05) is 47.7 Å². The first-order chi connectivity index (χ1) is 13.0. The number of carbonyl (C=O) groups excluding carboxylic acids is 2. The average Bonchev–Trinajstić information content (AvgIpc) is 2.92. The Morgan fingerprint density at radius 2 is 1.93 bits per heavy atom. The number of nitrogens with zero attached hydrogens (tertiary/aromatic N) is 2. The molecule has 0 aromatic heterocycles. The minimum atomic E-state index is -0.446. The summed E-state index contributed by atoms with van der Waals surface area (Å²) >= 11 is 1.36. The van der Waals surface area contributed by atoms with Crippen LogP contribution in [0.3, 0.4) is 0 Å². The second-order valence-corrected chi connectivity index (χ2v) is 7.66. The monoisotopic (exact) mass is 381 g/mol. The lowest BCUT2D eigenvalue weighted by molar-refractivity contribution is -0.128. The second kappa shape index (κ2) is 8.39. The number of aliphatic imine (C=N–C) groups is 1. The molecule has 0 radical (unpaired) electrons. The Bertz CT molecular complexity index is 880. The Kier molecular flexibility index (Phi) is 5.96. The van der Waals surface area contributed by atoms with E-state index in [-0.39, 0.29) is 18.2 Å². The summed E-state index contributed by atoms with van der Waals surface area (Å²) in [5.41, 5.74) is 3.74. The number of para-hydroxylation sites is 1. The predicted octanol–water partition coefficient (Wildman–Crippen LogP) is 4.28. The van der Waals surface area contributed by atoms with Crippen molar-refractivity contribution in [3.05, 3.63) is 59.7 Å². The van der Waals surface area contributed by atoms with Crippen molar-refractivity contribution in [3.63, 3.8) is 0 Å². The number of anilines is 1. The number of carbonyl (C=O) groups is 2. The molecule has 1 heterocycles. The summed E-state index contributed by atoms with van der Waals surface area (Å²) in [5, 5.41) is 3.12. The molecule has 0 bridgehead atoms. The van der Waals surface area contributed by atoms with Crippen molar-refractivity contribution in [3.8, 4) is 0 Å². The Morgan fingerprint density at radius 3 is 2.59 bits per heavy atom. The van der Waals surface area contributed by atoms with Crippen molar-refractivity contribution in [2.75, 3.05) is 11.9 Å². The van der Waals surface area contributed by atoms with Gasteiger partial charge < -0.3 is 5.32 Å². The molecule has 0 spiro atoms. The third-order valence-electron chi connectivity index (χ3n) is 4.34. The van der Waals surface area contributed by atoms with E-state index in [1.807, 2.05) is 69.3 Å². The van der Waals surface area contributed by atoms with Crippen LogP contribution in [-0.4, -0.2) is 33.7 Å². The molecular formula is C21H23N3O2S. The minimum absolute atomic E-state index is 0.0621. The normalized spacial score (nSPS) is 18.2. The average molecular weight is 382 g/mol. The molecule has 27 heavy (non-hydrogen) atoms. The fraction of sp³-hybridized carbons (Fsp3) is 0.286. The Morgan fingerprint density at radius 1 is 1.19 bits per heavy atom. The molecule has 3 rings (SSSR count). The van der Waals surface area contributed by atoms with Crippen LogP contribution in [0.2, 0.25) is 0 Å². The fourth-order valence-electron chi connectivity index (χ4n) is 2.95. The van der Waals surface area contributed by atoms with Crippen LogP contribution in [0.5, 0.6) is 0 Å². The van der Waals surface area contributed by atoms with Crippen LogP contribution in [-0.2, 0) is 9.59 Å². The van der Waals surface area contributed by atoms with Gasteiger partial charge in [0.25, 0.3) is 0 Å². The minimum Gasteiger partial charge on any atom is -0.326 e. The zero-order valence-electron chi connectivity index (χ0n) is 15.7. The SMILES string of the molecule is CCN1C(=O)C(CC(=O)Nc2ccc(C)cc2C)SC1=Nc1ccccc1. The lowest BCUT2D eigenvalue weighted by Crippen LogP contribution is -2.33. The highest BCUT2D eigenvalue weighted by Crippen LogP contribution is 2.31. The third-order valence-corrected chi connectivity index (χ3v) is 5.52. The van der Waals surface area contributed by atoms with Crippen molar-refractivity contribution >= 4 is 40.1 Å². The molecule has 2 aromatic rings. The van der Waals surface area contributed by atoms with Crippen molar-refractivity contribution < 1.29 is 9.59 Å². The number of amidine groups is 1. The first kappa shape index (κ1) is 19.2. The lowest BCUT2D eigenvalue weighted by Gasteiger charge is -2.13. The number of aryl methyl sites for hydroxylation is 2. The second-order valence-electron chi connectivity index (χ2n) is 6.49. The first-order valence-corrected chi connectivity index (χ1v) is 9.84. The summed E-state index contributed by atoms with van der Waals surface area (Å²) < 4.78 is 0. The van der Waals surface area contributed by atoms with Gasteiger partial charge >= 0.3 is 0 Å². The molecule has 1 aliphatic heterocycles. The van der Waals surface area contributed by atoms with Crippen LogP contribution in [0.1, 0.15) is 24.5 Å². The zero-order chi connectivity index (χ0) is 19.4. The molecule has 1 saturated heterocycles. The molecule has 1 atom stereocenters. The van der Waals surface area contributed by atoms with E-state index >= 15 is 0 Å². The summed E-state index contributed by atoms with van der Waals surface area (Å²) in [5.74, 6) is -0.224. The highest BCUT2D eigenvalue weighted by atomic mass is 32.2. The topological polar surface area (TPSA) is 61.8 Å². The van der Waals surface area contributed by atoms with Crippen LogP contribution in [0, 0.1) is 13.8 Å². The van der Waals surface area contributed by atoms with Crippen LogP contribution in [0.15, 0.2) is 53.5 Å². The zero-order valence-corrected chi connectivity index (χ0v) is 16.5. The summed E-state index contributed by atoms with van der Waals surface area (Å²) in [4.78, 5) is 31.4. The lowest BCUT2D eigenvalue weighted by atomic mass is 10.1. The number of hydrogen-bond acceptors (Lipinski definition) is 4. The number of nitrogens with one attached hydrogen (secondary N) is 1. The van der Waals surface area contributed by atoms with Gasteiger partial charge in [-0.25, -0.2) is 4.99 Å². The van der Waals surface area contributed by atoms with Crippen molar-refractivity contribution in [1.82, 2.24) is 4.90 Å². The molecule has 2 amide bonds. The van der Waals surface area contributed by atoms with E-state index in [0.29, 0.717) is 11.7 Å². The maximum absolute atomic E-state index is 12.7. The highest BCUT2D eigenvalue weighted by molar-refractivity contribution is 8.15. The molecule has 5 nitrogen and oxygen atoms in total. The maximum atomic E-state index is 12.7. The van der Waals surface area contributed by atoms with E-state index in [2.05, 4.69) is 10.3 Å². The molecule has 0 aliphatic carbocycles. The summed E-state index contributed by atoms with van der Waals surface area (Å²) in [6.07, 6.45) is 0.126. The van der Waals surface area contributed by atoms with E-state index < -0.39 is 5.25 Å². The van der Waals surface area contributed by atoms with E-state index in [1.54, 1.807) is 4.90 Å². The van der Waals surface area contributed by atoms with Gasteiger partial charge in [0.1, 0.15) is 5.25 Å². The number of hydrogen-bond donors (Lipinski definition) is 1. The summed E-state index contributed by atoms with van der Waals surface area (Å²) in [6.45, 7) is 6.42. The number of benzene rings is 2. The van der Waals surface area contributed by atoms with Crippen molar-refractivity contribution in [1.29, 1.82) is 0 Å². The molecule has 1 unspecified atom stereocenters. The van der Waals surface area contributed by atoms with E-state index in [9.17, 15) is 9.59 Å². The highest BCUT2D eigenvalue weighted by Gasteiger charge is 2.38. The maximum Gasteiger partial charge on any atom is 0.242 e. The van der Waals surface area contributed by atoms with E-state index in [0.717, 1.165) is 22.5 Å². The first-order valence-electron chi connectivity index (χ1n) is 8.97. The molecule has 6 heteroatoms. The number of amides is 2. The van der Waals surface area contributed by atoms with Crippen molar-refractivity contribution in [2.24, 2.45) is 4.99 Å². The Labute approximate surface area is 163 Å². The quantitative estimate of drug-likeness (QED) is 0.841. The van der Waals surface area contributed by atoms with Gasteiger partial charge in [0.2, 0.25) is 11.8 Å². The Balaban J connectivity index is 1.70. The molecule has 2 aromatic carbocycles. The van der Waals surface area contributed by atoms with Gasteiger partial charge in [0, 0.05) is 18.7 Å². The molecule has 1 N–H and O–H groups in total. The van der Waals surface area contributed by atoms with Gasteiger partial charge in [-0.15, -0.1) is 0 Å². The van der Waals surface area contributed by atoms with Crippen LogP contribution < -0.4 is 5.32 Å². The van der Waals surface area contributed by atoms with Crippen LogP contribution >= 0.6 is 11.8 Å². The van der Waals surface area contributed by atoms with Gasteiger partial charge in [0.15, 0.2) is 5.17 Å². The van der Waals surface area contributed by atoms with Crippen LogP contribution in [0.4, 0.5) is 11.4 Å². The smallest absolute Gasteiger partial charge is 0.242 e. The fourth-order valence-corrected chi connectivity index (χ4v) is 4.17. The molecule has 140 valence electrons. The summed E-state index contributed by atoms with van der Waals surface area (Å²) in [6, 6.07) is 15.4.